The SMILES string of the molecule is CC1(O)CCC(N2CCC(Cc3ccc(OCC(=O)O)cc3Cl)C2=O)CC1. The first kappa shape index (κ1) is 20.0. The van der Waals surface area contributed by atoms with Gasteiger partial charge in [0.2, 0.25) is 5.91 Å². The first-order chi connectivity index (χ1) is 12.7. The zero-order valence-electron chi connectivity index (χ0n) is 15.5. The minimum atomic E-state index is -1.05. The van der Waals surface area contributed by atoms with E-state index >= 15 is 0 Å². The summed E-state index contributed by atoms with van der Waals surface area (Å²) >= 11 is 6.31. The second-order valence-electron chi connectivity index (χ2n) is 7.89. The lowest BCUT2D eigenvalue weighted by Crippen LogP contribution is -2.43. The molecule has 3 rings (SSSR count). The van der Waals surface area contributed by atoms with Gasteiger partial charge in [0, 0.05) is 23.5 Å². The van der Waals surface area contributed by atoms with Crippen LogP contribution in [0, 0.1) is 5.92 Å². The van der Waals surface area contributed by atoms with Crippen molar-refractivity contribution < 1.29 is 24.5 Å². The zero-order valence-corrected chi connectivity index (χ0v) is 16.2. The van der Waals surface area contributed by atoms with E-state index < -0.39 is 18.2 Å². The predicted octanol–water partition coefficient (Wildman–Crippen LogP) is 2.89. The summed E-state index contributed by atoms with van der Waals surface area (Å²) in [6.07, 6.45) is 4.53. The van der Waals surface area contributed by atoms with Crippen LogP contribution in [0.1, 0.15) is 44.6 Å². The Bertz CT molecular complexity index is 710. The van der Waals surface area contributed by atoms with Crippen LogP contribution in [0.15, 0.2) is 18.2 Å². The summed E-state index contributed by atoms with van der Waals surface area (Å²) in [4.78, 5) is 25.4. The van der Waals surface area contributed by atoms with Crippen LogP contribution in [0.4, 0.5) is 0 Å². The van der Waals surface area contributed by atoms with Gasteiger partial charge in [0.25, 0.3) is 0 Å². The highest BCUT2D eigenvalue weighted by atomic mass is 35.5. The molecule has 6 nitrogen and oxygen atoms in total. The Kier molecular flexibility index (Phi) is 5.96. The molecule has 2 N–H and O–H groups in total. The maximum atomic E-state index is 12.9. The van der Waals surface area contributed by atoms with Gasteiger partial charge in [-0.25, -0.2) is 4.79 Å². The number of amides is 1. The van der Waals surface area contributed by atoms with Crippen LogP contribution >= 0.6 is 11.6 Å². The van der Waals surface area contributed by atoms with Gasteiger partial charge in [-0.1, -0.05) is 17.7 Å². The minimum absolute atomic E-state index is 0.0873. The van der Waals surface area contributed by atoms with Crippen LogP contribution < -0.4 is 4.74 Å². The summed E-state index contributed by atoms with van der Waals surface area (Å²) in [6.45, 7) is 2.21. The number of carbonyl (C=O) groups excluding carboxylic acids is 1. The highest BCUT2D eigenvalue weighted by molar-refractivity contribution is 6.31. The number of carboxylic acid groups (broad SMARTS) is 1. The molecule has 0 aromatic heterocycles. The molecule has 1 unspecified atom stereocenters. The largest absolute Gasteiger partial charge is 0.482 e. The van der Waals surface area contributed by atoms with Crippen molar-refractivity contribution in [3.05, 3.63) is 28.8 Å². The fourth-order valence-corrected chi connectivity index (χ4v) is 4.29. The van der Waals surface area contributed by atoms with Gasteiger partial charge < -0.3 is 19.8 Å². The Morgan fingerprint density at radius 1 is 1.33 bits per heavy atom. The van der Waals surface area contributed by atoms with E-state index in [1.807, 2.05) is 11.8 Å². The maximum Gasteiger partial charge on any atom is 0.341 e. The minimum Gasteiger partial charge on any atom is -0.482 e. The number of benzene rings is 1. The molecule has 1 saturated carbocycles. The highest BCUT2D eigenvalue weighted by Crippen LogP contribution is 2.35. The molecule has 1 saturated heterocycles. The number of aliphatic hydroxyl groups is 1. The van der Waals surface area contributed by atoms with Gasteiger partial charge in [-0.2, -0.15) is 0 Å². The first-order valence-corrected chi connectivity index (χ1v) is 9.79. The van der Waals surface area contributed by atoms with E-state index in [-0.39, 0.29) is 17.9 Å². The number of rotatable bonds is 6. The fraction of sp³-hybridized carbons (Fsp3) is 0.600. The number of nitrogens with zero attached hydrogens (tertiary/aromatic N) is 1. The van der Waals surface area contributed by atoms with Crippen LogP contribution in [0.3, 0.4) is 0 Å². The van der Waals surface area contributed by atoms with E-state index in [1.165, 1.54) is 0 Å². The summed E-state index contributed by atoms with van der Waals surface area (Å²) in [6, 6.07) is 5.31. The van der Waals surface area contributed by atoms with Crippen molar-refractivity contribution in [3.8, 4) is 5.75 Å². The monoisotopic (exact) mass is 395 g/mol. The van der Waals surface area contributed by atoms with E-state index in [4.69, 9.17) is 21.4 Å². The summed E-state index contributed by atoms with van der Waals surface area (Å²) in [5, 5.41) is 19.3. The van der Waals surface area contributed by atoms with Crippen LogP contribution in [0.5, 0.6) is 5.75 Å². The highest BCUT2D eigenvalue weighted by Gasteiger charge is 2.39. The van der Waals surface area contributed by atoms with E-state index in [9.17, 15) is 14.7 Å². The van der Waals surface area contributed by atoms with E-state index in [0.717, 1.165) is 44.2 Å². The molecule has 1 aliphatic carbocycles. The van der Waals surface area contributed by atoms with Crippen molar-refractivity contribution in [3.63, 3.8) is 0 Å². The Balaban J connectivity index is 1.59. The van der Waals surface area contributed by atoms with Gasteiger partial charge in [-0.3, -0.25) is 4.79 Å². The normalized spacial score (nSPS) is 28.4. The number of aliphatic carboxylic acids is 1. The van der Waals surface area contributed by atoms with E-state index in [1.54, 1.807) is 18.2 Å². The quantitative estimate of drug-likeness (QED) is 0.773. The molecule has 0 bridgehead atoms. The van der Waals surface area contributed by atoms with Crippen LogP contribution in [0.25, 0.3) is 0 Å². The molecular weight excluding hydrogens is 370 g/mol. The zero-order chi connectivity index (χ0) is 19.6. The van der Waals surface area contributed by atoms with Gasteiger partial charge in [-0.15, -0.1) is 0 Å². The van der Waals surface area contributed by atoms with Crippen molar-refractivity contribution in [2.45, 2.75) is 57.1 Å². The van der Waals surface area contributed by atoms with Gasteiger partial charge in [0.15, 0.2) is 6.61 Å². The van der Waals surface area contributed by atoms with Gasteiger partial charge in [0.1, 0.15) is 5.75 Å². The Morgan fingerprint density at radius 3 is 2.67 bits per heavy atom. The lowest BCUT2D eigenvalue weighted by Gasteiger charge is -2.37. The van der Waals surface area contributed by atoms with Crippen LogP contribution in [-0.4, -0.2) is 51.8 Å². The topological polar surface area (TPSA) is 87.1 Å². The average molecular weight is 396 g/mol. The average Bonchev–Trinajstić information content (AvgIpc) is 2.96. The standard InChI is InChI=1S/C20H26ClNO5/c1-20(26)7-4-15(5-8-20)22-9-6-14(19(22)25)10-13-2-3-16(11-17(13)21)27-12-18(23)24/h2-3,11,14-15,26H,4-10,12H2,1H3,(H,23,24). The molecule has 1 aromatic rings. The first-order valence-electron chi connectivity index (χ1n) is 9.41. The molecule has 1 heterocycles. The molecule has 2 aliphatic rings. The van der Waals surface area contributed by atoms with Gasteiger partial charge in [-0.05, 0) is 63.1 Å². The second-order valence-corrected chi connectivity index (χ2v) is 8.29. The lowest BCUT2D eigenvalue weighted by molar-refractivity contribution is -0.139. The van der Waals surface area contributed by atoms with Crippen molar-refractivity contribution >= 4 is 23.5 Å². The van der Waals surface area contributed by atoms with Gasteiger partial charge >= 0.3 is 5.97 Å². The second kappa shape index (κ2) is 8.07. The summed E-state index contributed by atoms with van der Waals surface area (Å²) in [7, 11) is 0. The summed E-state index contributed by atoms with van der Waals surface area (Å²) in [5.74, 6) is -0.560. The number of likely N-dealkylation sites (tertiary alicyclic amines) is 1. The molecule has 148 valence electrons. The van der Waals surface area contributed by atoms with E-state index in [2.05, 4.69) is 0 Å². The maximum absolute atomic E-state index is 12.9. The predicted molar refractivity (Wildman–Crippen MR) is 101 cm³/mol. The molecular formula is C20H26ClNO5. The molecule has 27 heavy (non-hydrogen) atoms. The third-order valence-electron chi connectivity index (χ3n) is 5.68. The third kappa shape index (κ3) is 4.93. The smallest absolute Gasteiger partial charge is 0.341 e. The number of carbonyl (C=O) groups is 2. The molecule has 1 aromatic carbocycles. The molecule has 2 fully saturated rings. The number of carboxylic acids is 1. The number of hydrogen-bond acceptors (Lipinski definition) is 4. The summed E-state index contributed by atoms with van der Waals surface area (Å²) < 4.78 is 5.13. The van der Waals surface area contributed by atoms with Gasteiger partial charge in [0.05, 0.1) is 5.60 Å². The lowest BCUT2D eigenvalue weighted by atomic mass is 9.83. The molecule has 1 aliphatic heterocycles. The molecule has 1 atom stereocenters. The van der Waals surface area contributed by atoms with Crippen molar-refractivity contribution in [2.24, 2.45) is 5.92 Å². The van der Waals surface area contributed by atoms with Crippen molar-refractivity contribution in [2.75, 3.05) is 13.2 Å². The third-order valence-corrected chi connectivity index (χ3v) is 6.03. The fourth-order valence-electron chi connectivity index (χ4n) is 4.05. The molecule has 0 radical (unpaired) electrons. The Hall–Kier alpha value is -1.79. The van der Waals surface area contributed by atoms with E-state index in [0.29, 0.717) is 17.2 Å². The van der Waals surface area contributed by atoms with Crippen LogP contribution in [-0.2, 0) is 16.0 Å². The van der Waals surface area contributed by atoms with Crippen LogP contribution in [0.2, 0.25) is 5.02 Å². The number of halogens is 1. The number of ether oxygens (including phenoxy) is 1. The number of hydrogen-bond donors (Lipinski definition) is 2. The summed E-state index contributed by atoms with van der Waals surface area (Å²) in [5.41, 5.74) is 0.266. The van der Waals surface area contributed by atoms with Crippen molar-refractivity contribution in [1.29, 1.82) is 0 Å². The molecule has 1 amide bonds. The molecule has 7 heteroatoms. The Labute approximate surface area is 164 Å². The van der Waals surface area contributed by atoms with Crippen molar-refractivity contribution in [1.82, 2.24) is 4.90 Å². The molecule has 0 spiro atoms. The Morgan fingerprint density at radius 2 is 2.04 bits per heavy atom.